The Hall–Kier alpha value is -1.06. The third-order valence-corrected chi connectivity index (χ3v) is 1.61. The Balaban J connectivity index is 3.43. The molecule has 1 N–H and O–H groups in total. The number of carbonyl (C=O) groups excluding carboxylic acids is 2. The van der Waals surface area contributed by atoms with Gasteiger partial charge in [0.1, 0.15) is 0 Å². The summed E-state index contributed by atoms with van der Waals surface area (Å²) in [5.41, 5.74) is 0. The Labute approximate surface area is 78.6 Å². The maximum Gasteiger partial charge on any atom is 0.396 e. The second-order valence-corrected chi connectivity index (χ2v) is 3.28. The summed E-state index contributed by atoms with van der Waals surface area (Å²) < 4.78 is 4.24. The highest BCUT2D eigenvalue weighted by Crippen LogP contribution is 2.01. The summed E-state index contributed by atoms with van der Waals surface area (Å²) in [6.07, 6.45) is 1.93. The number of amides is 1. The lowest BCUT2D eigenvalue weighted by Gasteiger charge is -2.05. The Morgan fingerprint density at radius 3 is 2.46 bits per heavy atom. The number of rotatable bonds is 4. The second kappa shape index (κ2) is 6.46. The normalized spacial score (nSPS) is 9.85. The molecule has 0 aliphatic carbocycles. The molecule has 0 heterocycles. The van der Waals surface area contributed by atoms with Gasteiger partial charge in [-0.05, 0) is 18.8 Å². The molecule has 0 rings (SSSR count). The van der Waals surface area contributed by atoms with Gasteiger partial charge in [-0.1, -0.05) is 13.8 Å². The van der Waals surface area contributed by atoms with Crippen molar-refractivity contribution in [2.75, 3.05) is 13.7 Å². The maximum atomic E-state index is 10.8. The summed E-state index contributed by atoms with van der Waals surface area (Å²) in [6.45, 7) is 4.76. The van der Waals surface area contributed by atoms with Crippen LogP contribution in [0.15, 0.2) is 0 Å². The van der Waals surface area contributed by atoms with Gasteiger partial charge >= 0.3 is 11.9 Å². The zero-order valence-electron chi connectivity index (χ0n) is 8.42. The fourth-order valence-electron chi connectivity index (χ4n) is 0.877. The molecule has 0 saturated carbocycles. The molecule has 0 spiro atoms. The molecule has 76 valence electrons. The van der Waals surface area contributed by atoms with Gasteiger partial charge in [-0.15, -0.1) is 0 Å². The van der Waals surface area contributed by atoms with Crippen LogP contribution in [-0.4, -0.2) is 25.5 Å². The summed E-state index contributed by atoms with van der Waals surface area (Å²) in [5, 5.41) is 2.48. The maximum absolute atomic E-state index is 10.8. The first kappa shape index (κ1) is 11.9. The average Bonchev–Trinajstić information content (AvgIpc) is 2.10. The van der Waals surface area contributed by atoms with Crippen LogP contribution in [0, 0.1) is 5.92 Å². The van der Waals surface area contributed by atoms with Gasteiger partial charge in [0.2, 0.25) is 0 Å². The molecular formula is C9H17NO3. The third kappa shape index (κ3) is 6.13. The highest BCUT2D eigenvalue weighted by Gasteiger charge is 2.11. The quantitative estimate of drug-likeness (QED) is 0.400. The van der Waals surface area contributed by atoms with E-state index in [9.17, 15) is 9.59 Å². The van der Waals surface area contributed by atoms with Crippen molar-refractivity contribution in [1.82, 2.24) is 5.32 Å². The molecule has 0 saturated heterocycles. The molecule has 0 atom stereocenters. The summed E-state index contributed by atoms with van der Waals surface area (Å²) >= 11 is 0. The monoisotopic (exact) mass is 187 g/mol. The van der Waals surface area contributed by atoms with Crippen molar-refractivity contribution < 1.29 is 14.3 Å². The number of esters is 1. The number of carbonyl (C=O) groups is 2. The Morgan fingerprint density at radius 1 is 1.38 bits per heavy atom. The number of hydrogen-bond donors (Lipinski definition) is 1. The van der Waals surface area contributed by atoms with Crippen LogP contribution < -0.4 is 5.32 Å². The molecule has 0 unspecified atom stereocenters. The lowest BCUT2D eigenvalue weighted by Crippen LogP contribution is -2.32. The number of hydrogen-bond acceptors (Lipinski definition) is 3. The highest BCUT2D eigenvalue weighted by atomic mass is 16.5. The van der Waals surface area contributed by atoms with E-state index in [1.165, 1.54) is 7.11 Å². The van der Waals surface area contributed by atoms with E-state index < -0.39 is 11.9 Å². The van der Waals surface area contributed by atoms with Crippen molar-refractivity contribution in [3.05, 3.63) is 0 Å². The van der Waals surface area contributed by atoms with E-state index in [1.54, 1.807) is 0 Å². The molecule has 0 aromatic rings. The van der Waals surface area contributed by atoms with Crippen molar-refractivity contribution in [2.45, 2.75) is 26.7 Å². The smallest absolute Gasteiger partial charge is 0.396 e. The van der Waals surface area contributed by atoms with Crippen molar-refractivity contribution in [2.24, 2.45) is 5.92 Å². The Bertz CT molecular complexity index is 178. The van der Waals surface area contributed by atoms with E-state index in [0.717, 1.165) is 12.8 Å². The molecule has 1 amide bonds. The molecule has 4 nitrogen and oxygen atoms in total. The minimum atomic E-state index is -0.829. The largest absolute Gasteiger partial charge is 0.462 e. The fraction of sp³-hybridized carbons (Fsp3) is 0.778. The molecule has 0 aromatic heterocycles. The van der Waals surface area contributed by atoms with E-state index in [4.69, 9.17) is 0 Å². The molecule has 0 aliphatic heterocycles. The van der Waals surface area contributed by atoms with Crippen LogP contribution >= 0.6 is 0 Å². The summed E-state index contributed by atoms with van der Waals surface area (Å²) in [5.74, 6) is -0.870. The topological polar surface area (TPSA) is 55.4 Å². The molecule has 0 bridgehead atoms. The molecule has 0 radical (unpaired) electrons. The van der Waals surface area contributed by atoms with Gasteiger partial charge in [0.15, 0.2) is 0 Å². The van der Waals surface area contributed by atoms with Crippen LogP contribution in [0.3, 0.4) is 0 Å². The van der Waals surface area contributed by atoms with Gasteiger partial charge < -0.3 is 10.1 Å². The van der Waals surface area contributed by atoms with Crippen LogP contribution in [0.4, 0.5) is 0 Å². The lowest BCUT2D eigenvalue weighted by molar-refractivity contribution is -0.152. The second-order valence-electron chi connectivity index (χ2n) is 3.28. The van der Waals surface area contributed by atoms with Crippen LogP contribution in [0.25, 0.3) is 0 Å². The third-order valence-electron chi connectivity index (χ3n) is 1.61. The van der Waals surface area contributed by atoms with Crippen LogP contribution in [0.5, 0.6) is 0 Å². The molecule has 0 aromatic carbocycles. The minimum absolute atomic E-state index is 0.534. The first-order valence-corrected chi connectivity index (χ1v) is 4.44. The fourth-order valence-corrected chi connectivity index (χ4v) is 0.877. The van der Waals surface area contributed by atoms with Crippen molar-refractivity contribution in [3.8, 4) is 0 Å². The zero-order chi connectivity index (χ0) is 10.3. The molecule has 0 fully saturated rings. The first-order valence-electron chi connectivity index (χ1n) is 4.44. The van der Waals surface area contributed by atoms with Gasteiger partial charge in [-0.2, -0.15) is 0 Å². The van der Waals surface area contributed by atoms with Crippen LogP contribution in [0.2, 0.25) is 0 Å². The summed E-state index contributed by atoms with van der Waals surface area (Å²) in [4.78, 5) is 21.4. The van der Waals surface area contributed by atoms with Crippen molar-refractivity contribution in [3.63, 3.8) is 0 Å². The highest BCUT2D eigenvalue weighted by molar-refractivity contribution is 6.32. The van der Waals surface area contributed by atoms with E-state index in [-0.39, 0.29) is 0 Å². The van der Waals surface area contributed by atoms with Crippen LogP contribution in [-0.2, 0) is 14.3 Å². The van der Waals surface area contributed by atoms with E-state index >= 15 is 0 Å². The lowest BCUT2D eigenvalue weighted by atomic mass is 10.1. The molecule has 0 aliphatic rings. The first-order chi connectivity index (χ1) is 6.07. The number of nitrogens with one attached hydrogen (secondary N) is 1. The van der Waals surface area contributed by atoms with Gasteiger partial charge in [0, 0.05) is 6.54 Å². The number of ether oxygens (including phenoxy) is 1. The van der Waals surface area contributed by atoms with Gasteiger partial charge in [-0.3, -0.25) is 4.79 Å². The van der Waals surface area contributed by atoms with Crippen LogP contribution in [0.1, 0.15) is 26.7 Å². The summed E-state index contributed by atoms with van der Waals surface area (Å²) in [6, 6.07) is 0. The predicted octanol–water partition coefficient (Wildman–Crippen LogP) is 0.712. The van der Waals surface area contributed by atoms with Gasteiger partial charge in [0.25, 0.3) is 0 Å². The van der Waals surface area contributed by atoms with Gasteiger partial charge in [0.05, 0.1) is 7.11 Å². The number of methoxy groups -OCH3 is 1. The van der Waals surface area contributed by atoms with E-state index in [1.807, 2.05) is 0 Å². The standard InChI is InChI=1S/C9H17NO3/c1-7(2)5-4-6-10-8(11)9(12)13-3/h7H,4-6H2,1-3H3,(H,10,11). The minimum Gasteiger partial charge on any atom is -0.462 e. The molecule has 13 heavy (non-hydrogen) atoms. The Morgan fingerprint density at radius 2 is 2.00 bits per heavy atom. The predicted molar refractivity (Wildman–Crippen MR) is 49.1 cm³/mol. The van der Waals surface area contributed by atoms with E-state index in [0.29, 0.717) is 12.5 Å². The Kier molecular flexibility index (Phi) is 5.93. The van der Waals surface area contributed by atoms with E-state index in [2.05, 4.69) is 23.9 Å². The molecular weight excluding hydrogens is 170 g/mol. The van der Waals surface area contributed by atoms with Crippen molar-refractivity contribution in [1.29, 1.82) is 0 Å². The average molecular weight is 187 g/mol. The van der Waals surface area contributed by atoms with Gasteiger partial charge in [-0.25, -0.2) is 4.79 Å². The molecule has 4 heteroatoms. The zero-order valence-corrected chi connectivity index (χ0v) is 8.42. The van der Waals surface area contributed by atoms with Crippen molar-refractivity contribution >= 4 is 11.9 Å². The summed E-state index contributed by atoms with van der Waals surface area (Å²) in [7, 11) is 1.19. The SMILES string of the molecule is COC(=O)C(=O)NCCCC(C)C.